The second kappa shape index (κ2) is 9.71. The zero-order valence-electron chi connectivity index (χ0n) is 13.1. The molecule has 0 heterocycles. The molecule has 0 unspecified atom stereocenters. The fourth-order valence-corrected chi connectivity index (χ4v) is 3.03. The minimum absolute atomic E-state index is 0.0489. The topological polar surface area (TPSA) is 93.7 Å². The zero-order valence-corrected chi connectivity index (χ0v) is 14.7. The Bertz CT molecular complexity index is 622. The Hall–Kier alpha value is -1.35. The molecule has 0 aliphatic heterocycles. The molecule has 130 valence electrons. The standard InChI is InChI=1S/C14H21ClN2O5S/c1-3-6-17-23(19,20)11-4-5-13(12(15)9-11)22-10-14(18)16-7-8-21-2/h4-5,9,17H,3,6-8,10H2,1-2H3,(H,16,18). The zero-order chi connectivity index (χ0) is 17.3. The van der Waals surface area contributed by atoms with Gasteiger partial charge >= 0.3 is 0 Å². The third kappa shape index (κ3) is 6.74. The average Bonchev–Trinajstić information content (AvgIpc) is 2.52. The van der Waals surface area contributed by atoms with Crippen molar-refractivity contribution in [1.82, 2.24) is 10.0 Å². The van der Waals surface area contributed by atoms with Gasteiger partial charge in [-0.25, -0.2) is 13.1 Å². The molecule has 0 saturated heterocycles. The number of carbonyl (C=O) groups is 1. The first kappa shape index (κ1) is 19.7. The van der Waals surface area contributed by atoms with E-state index in [4.69, 9.17) is 21.1 Å². The van der Waals surface area contributed by atoms with Crippen molar-refractivity contribution in [3.05, 3.63) is 23.2 Å². The van der Waals surface area contributed by atoms with Gasteiger partial charge in [-0.3, -0.25) is 4.79 Å². The fourth-order valence-electron chi connectivity index (χ4n) is 1.57. The first-order valence-corrected chi connectivity index (χ1v) is 8.94. The van der Waals surface area contributed by atoms with E-state index in [9.17, 15) is 13.2 Å². The summed E-state index contributed by atoms with van der Waals surface area (Å²) in [5, 5.41) is 2.71. The molecule has 23 heavy (non-hydrogen) atoms. The lowest BCUT2D eigenvalue weighted by Gasteiger charge is -2.10. The fraction of sp³-hybridized carbons (Fsp3) is 0.500. The SMILES string of the molecule is CCCNS(=O)(=O)c1ccc(OCC(=O)NCCOC)c(Cl)c1. The summed E-state index contributed by atoms with van der Waals surface area (Å²) in [5.74, 6) is -0.0811. The van der Waals surface area contributed by atoms with Crippen LogP contribution < -0.4 is 14.8 Å². The quantitative estimate of drug-likeness (QED) is 0.608. The van der Waals surface area contributed by atoms with Gasteiger partial charge in [0.05, 0.1) is 16.5 Å². The van der Waals surface area contributed by atoms with E-state index in [1.54, 1.807) is 0 Å². The van der Waals surface area contributed by atoms with Crippen molar-refractivity contribution in [3.8, 4) is 5.75 Å². The molecule has 0 atom stereocenters. The smallest absolute Gasteiger partial charge is 0.258 e. The molecule has 1 amide bonds. The van der Waals surface area contributed by atoms with Crippen LogP contribution in [0.15, 0.2) is 23.1 Å². The van der Waals surface area contributed by atoms with E-state index < -0.39 is 10.0 Å². The van der Waals surface area contributed by atoms with Gasteiger partial charge in [-0.1, -0.05) is 18.5 Å². The maximum Gasteiger partial charge on any atom is 0.258 e. The number of rotatable bonds is 10. The molecule has 0 bridgehead atoms. The number of hydrogen-bond donors (Lipinski definition) is 2. The monoisotopic (exact) mass is 364 g/mol. The van der Waals surface area contributed by atoms with Crippen LogP contribution in [0.2, 0.25) is 5.02 Å². The van der Waals surface area contributed by atoms with E-state index in [1.807, 2.05) is 6.92 Å². The molecular weight excluding hydrogens is 344 g/mol. The highest BCUT2D eigenvalue weighted by atomic mass is 35.5. The third-order valence-corrected chi connectivity index (χ3v) is 4.50. The number of carbonyl (C=O) groups excluding carboxylic acids is 1. The molecular formula is C14H21ClN2O5S. The van der Waals surface area contributed by atoms with Gasteiger partial charge in [-0.15, -0.1) is 0 Å². The third-order valence-electron chi connectivity index (χ3n) is 2.74. The molecule has 7 nitrogen and oxygen atoms in total. The van der Waals surface area contributed by atoms with Crippen LogP contribution in [0, 0.1) is 0 Å². The minimum Gasteiger partial charge on any atom is -0.482 e. The first-order chi connectivity index (χ1) is 10.9. The second-order valence-corrected chi connectivity index (χ2v) is 6.80. The van der Waals surface area contributed by atoms with Crippen LogP contribution >= 0.6 is 11.6 Å². The number of amides is 1. The predicted octanol–water partition coefficient (Wildman–Crippen LogP) is 1.17. The van der Waals surface area contributed by atoms with Crippen molar-refractivity contribution in [2.45, 2.75) is 18.2 Å². The summed E-state index contributed by atoms with van der Waals surface area (Å²) in [4.78, 5) is 11.6. The summed E-state index contributed by atoms with van der Waals surface area (Å²) in [7, 11) is -2.06. The lowest BCUT2D eigenvalue weighted by atomic mass is 10.3. The highest BCUT2D eigenvalue weighted by molar-refractivity contribution is 7.89. The Morgan fingerprint density at radius 1 is 1.30 bits per heavy atom. The molecule has 0 radical (unpaired) electrons. The molecule has 0 aliphatic carbocycles. The van der Waals surface area contributed by atoms with Crippen LogP contribution in [0.25, 0.3) is 0 Å². The van der Waals surface area contributed by atoms with E-state index in [-0.39, 0.29) is 28.2 Å². The summed E-state index contributed by atoms with van der Waals surface area (Å²) < 4.78 is 36.5. The molecule has 2 N–H and O–H groups in total. The molecule has 0 aliphatic rings. The van der Waals surface area contributed by atoms with Crippen molar-refractivity contribution < 1.29 is 22.7 Å². The number of ether oxygens (including phenoxy) is 2. The van der Waals surface area contributed by atoms with Gasteiger partial charge in [0.15, 0.2) is 6.61 Å². The molecule has 0 saturated carbocycles. The predicted molar refractivity (Wildman–Crippen MR) is 87.3 cm³/mol. The van der Waals surface area contributed by atoms with Gasteiger partial charge in [0.1, 0.15) is 5.75 Å². The van der Waals surface area contributed by atoms with Crippen LogP contribution in [0.5, 0.6) is 5.75 Å². The molecule has 0 spiro atoms. The highest BCUT2D eigenvalue weighted by Crippen LogP contribution is 2.27. The number of sulfonamides is 1. The summed E-state index contributed by atoms with van der Waals surface area (Å²) >= 11 is 6.01. The summed E-state index contributed by atoms with van der Waals surface area (Å²) in [6.07, 6.45) is 0.687. The maximum atomic E-state index is 12.0. The lowest BCUT2D eigenvalue weighted by molar-refractivity contribution is -0.123. The minimum atomic E-state index is -3.59. The van der Waals surface area contributed by atoms with Crippen LogP contribution in [0.1, 0.15) is 13.3 Å². The maximum absolute atomic E-state index is 12.0. The van der Waals surface area contributed by atoms with Gasteiger partial charge < -0.3 is 14.8 Å². The van der Waals surface area contributed by atoms with Crippen LogP contribution in [-0.2, 0) is 19.6 Å². The molecule has 1 rings (SSSR count). The van der Waals surface area contributed by atoms with Crippen molar-refractivity contribution in [1.29, 1.82) is 0 Å². The van der Waals surface area contributed by atoms with Gasteiger partial charge in [0.2, 0.25) is 10.0 Å². The highest BCUT2D eigenvalue weighted by Gasteiger charge is 2.15. The van der Waals surface area contributed by atoms with Gasteiger partial charge in [-0.05, 0) is 24.6 Å². The van der Waals surface area contributed by atoms with Crippen LogP contribution in [0.4, 0.5) is 0 Å². The van der Waals surface area contributed by atoms with E-state index in [2.05, 4.69) is 10.0 Å². The summed E-state index contributed by atoms with van der Waals surface area (Å²) in [6, 6.07) is 4.09. The van der Waals surface area contributed by atoms with Gasteiger partial charge in [0.25, 0.3) is 5.91 Å². The number of halogens is 1. The molecule has 0 fully saturated rings. The molecule has 9 heteroatoms. The number of methoxy groups -OCH3 is 1. The Kier molecular flexibility index (Phi) is 8.32. The lowest BCUT2D eigenvalue weighted by Crippen LogP contribution is -2.31. The van der Waals surface area contributed by atoms with Crippen molar-refractivity contribution >= 4 is 27.5 Å². The molecule has 0 aromatic heterocycles. The number of hydrogen-bond acceptors (Lipinski definition) is 5. The molecule has 1 aromatic carbocycles. The van der Waals surface area contributed by atoms with E-state index in [0.29, 0.717) is 26.1 Å². The second-order valence-electron chi connectivity index (χ2n) is 4.62. The van der Waals surface area contributed by atoms with Crippen molar-refractivity contribution in [2.75, 3.05) is 33.4 Å². The molecule has 1 aromatic rings. The van der Waals surface area contributed by atoms with Crippen LogP contribution in [0.3, 0.4) is 0 Å². The Morgan fingerprint density at radius 3 is 2.65 bits per heavy atom. The van der Waals surface area contributed by atoms with Crippen molar-refractivity contribution in [3.63, 3.8) is 0 Å². The average molecular weight is 365 g/mol. The van der Waals surface area contributed by atoms with E-state index in [1.165, 1.54) is 25.3 Å². The Balaban J connectivity index is 2.64. The van der Waals surface area contributed by atoms with E-state index in [0.717, 1.165) is 0 Å². The Morgan fingerprint density at radius 2 is 2.04 bits per heavy atom. The summed E-state index contributed by atoms with van der Waals surface area (Å²) in [6.45, 7) is 2.78. The van der Waals surface area contributed by atoms with Gasteiger partial charge in [-0.2, -0.15) is 0 Å². The summed E-state index contributed by atoms with van der Waals surface area (Å²) in [5.41, 5.74) is 0. The van der Waals surface area contributed by atoms with E-state index >= 15 is 0 Å². The number of nitrogens with one attached hydrogen (secondary N) is 2. The van der Waals surface area contributed by atoms with Crippen LogP contribution in [-0.4, -0.2) is 47.7 Å². The van der Waals surface area contributed by atoms with Crippen molar-refractivity contribution in [2.24, 2.45) is 0 Å². The number of benzene rings is 1. The Labute approximate surface area is 141 Å². The largest absolute Gasteiger partial charge is 0.482 e. The first-order valence-electron chi connectivity index (χ1n) is 7.08. The van der Waals surface area contributed by atoms with Gasteiger partial charge in [0, 0.05) is 20.2 Å². The normalized spacial score (nSPS) is 11.3.